The Hall–Kier alpha value is -1.95. The molecule has 1 aliphatic heterocycles. The summed E-state index contributed by atoms with van der Waals surface area (Å²) in [5.74, 6) is -0.988. The molecule has 0 aliphatic carbocycles. The lowest BCUT2D eigenvalue weighted by Gasteiger charge is -2.30. The molecule has 1 aromatic rings. The number of anilines is 1. The smallest absolute Gasteiger partial charge is 0.321 e. The maximum Gasteiger partial charge on any atom is 0.321 e. The molecule has 114 valence electrons. The van der Waals surface area contributed by atoms with E-state index in [0.29, 0.717) is 35.8 Å². The summed E-state index contributed by atoms with van der Waals surface area (Å²) in [4.78, 5) is 24.8. The van der Waals surface area contributed by atoms with Gasteiger partial charge in [-0.1, -0.05) is 17.7 Å². The molecule has 0 radical (unpaired) electrons. The number of aliphatic carboxylic acids is 1. The average molecular weight is 313 g/mol. The first-order valence-corrected chi connectivity index (χ1v) is 7.02. The Bertz CT molecular complexity index is 550. The van der Waals surface area contributed by atoms with Crippen molar-refractivity contribution in [2.75, 3.05) is 25.5 Å². The van der Waals surface area contributed by atoms with Gasteiger partial charge in [0, 0.05) is 13.1 Å². The van der Waals surface area contributed by atoms with Gasteiger partial charge in [0.1, 0.15) is 0 Å². The number of amides is 2. The number of carbonyl (C=O) groups excluding carboxylic acids is 1. The number of hydrogen-bond acceptors (Lipinski definition) is 3. The van der Waals surface area contributed by atoms with Crippen LogP contribution in [0.1, 0.15) is 12.8 Å². The highest BCUT2D eigenvalue weighted by Gasteiger charge is 2.28. The zero-order chi connectivity index (χ0) is 15.4. The van der Waals surface area contributed by atoms with Crippen LogP contribution in [0.4, 0.5) is 10.5 Å². The first kappa shape index (κ1) is 15.4. The summed E-state index contributed by atoms with van der Waals surface area (Å²) in [7, 11) is 1.47. The molecule has 6 nitrogen and oxygen atoms in total. The van der Waals surface area contributed by atoms with Crippen molar-refractivity contribution in [3.05, 3.63) is 23.2 Å². The van der Waals surface area contributed by atoms with Crippen LogP contribution < -0.4 is 10.1 Å². The summed E-state index contributed by atoms with van der Waals surface area (Å²) in [6.07, 6.45) is 1.27. The van der Waals surface area contributed by atoms with Crippen LogP contribution in [0.2, 0.25) is 5.02 Å². The van der Waals surface area contributed by atoms with E-state index < -0.39 is 11.9 Å². The molecule has 2 N–H and O–H groups in total. The lowest BCUT2D eigenvalue weighted by atomic mass is 9.99. The zero-order valence-electron chi connectivity index (χ0n) is 11.6. The van der Waals surface area contributed by atoms with Crippen molar-refractivity contribution in [3.63, 3.8) is 0 Å². The highest BCUT2D eigenvalue weighted by Crippen LogP contribution is 2.32. The summed E-state index contributed by atoms with van der Waals surface area (Å²) < 4.78 is 5.16. The first-order valence-electron chi connectivity index (χ1n) is 6.64. The molecule has 1 saturated heterocycles. The van der Waals surface area contributed by atoms with Gasteiger partial charge in [-0.3, -0.25) is 4.79 Å². The lowest BCUT2D eigenvalue weighted by molar-refractivity contribution is -0.143. The van der Waals surface area contributed by atoms with Crippen LogP contribution in [0.25, 0.3) is 0 Å². The number of carbonyl (C=O) groups is 2. The van der Waals surface area contributed by atoms with Gasteiger partial charge in [0.25, 0.3) is 0 Å². The Morgan fingerprint density at radius 1 is 1.48 bits per heavy atom. The van der Waals surface area contributed by atoms with Crippen LogP contribution in [-0.4, -0.2) is 42.2 Å². The number of carboxylic acid groups (broad SMARTS) is 1. The predicted octanol–water partition coefficient (Wildman–Crippen LogP) is 2.68. The number of ether oxygens (including phenoxy) is 1. The monoisotopic (exact) mass is 312 g/mol. The molecule has 0 spiro atoms. The highest BCUT2D eigenvalue weighted by molar-refractivity contribution is 6.32. The molecule has 2 amide bonds. The average Bonchev–Trinajstić information content (AvgIpc) is 2.47. The van der Waals surface area contributed by atoms with E-state index in [4.69, 9.17) is 21.4 Å². The fourth-order valence-corrected chi connectivity index (χ4v) is 2.62. The van der Waals surface area contributed by atoms with Crippen molar-refractivity contribution in [2.24, 2.45) is 5.92 Å². The molecule has 0 saturated carbocycles. The Balaban J connectivity index is 2.08. The number of methoxy groups -OCH3 is 1. The van der Waals surface area contributed by atoms with E-state index in [2.05, 4.69) is 5.32 Å². The van der Waals surface area contributed by atoms with Gasteiger partial charge in [0.05, 0.1) is 23.7 Å². The van der Waals surface area contributed by atoms with E-state index in [1.165, 1.54) is 12.0 Å². The van der Waals surface area contributed by atoms with Gasteiger partial charge < -0.3 is 20.1 Å². The Kier molecular flexibility index (Phi) is 4.90. The first-order chi connectivity index (χ1) is 10.0. The number of carboxylic acids is 1. The normalized spacial score (nSPS) is 18.2. The molecule has 0 aromatic heterocycles. The SMILES string of the molecule is COc1c(Cl)cccc1NC(=O)N1CCCC(C(=O)O)C1. The summed E-state index contributed by atoms with van der Waals surface area (Å²) >= 11 is 6.00. The number of para-hydroxylation sites is 1. The van der Waals surface area contributed by atoms with Gasteiger partial charge in [0.2, 0.25) is 0 Å². The van der Waals surface area contributed by atoms with Gasteiger partial charge in [-0.05, 0) is 25.0 Å². The molecular formula is C14H17ClN2O4. The van der Waals surface area contributed by atoms with Gasteiger partial charge in [-0.25, -0.2) is 4.79 Å². The lowest BCUT2D eigenvalue weighted by Crippen LogP contribution is -2.44. The van der Waals surface area contributed by atoms with Crippen molar-refractivity contribution in [2.45, 2.75) is 12.8 Å². The third-order valence-electron chi connectivity index (χ3n) is 3.47. The quantitative estimate of drug-likeness (QED) is 0.899. The number of urea groups is 1. The number of piperidine rings is 1. The summed E-state index contributed by atoms with van der Waals surface area (Å²) in [6.45, 7) is 0.753. The highest BCUT2D eigenvalue weighted by atomic mass is 35.5. The molecule has 1 unspecified atom stereocenters. The van der Waals surface area contributed by atoms with E-state index in [1.54, 1.807) is 18.2 Å². The van der Waals surface area contributed by atoms with Crippen molar-refractivity contribution in [1.82, 2.24) is 4.90 Å². The minimum Gasteiger partial charge on any atom is -0.493 e. The largest absolute Gasteiger partial charge is 0.493 e. The van der Waals surface area contributed by atoms with Crippen LogP contribution in [0, 0.1) is 5.92 Å². The number of benzene rings is 1. The molecule has 7 heteroatoms. The molecule has 1 atom stereocenters. The summed E-state index contributed by atoms with van der Waals surface area (Å²) in [5.41, 5.74) is 0.465. The second-order valence-electron chi connectivity index (χ2n) is 4.87. The fourth-order valence-electron chi connectivity index (χ4n) is 2.37. The van der Waals surface area contributed by atoms with Crippen LogP contribution in [0.15, 0.2) is 18.2 Å². The van der Waals surface area contributed by atoms with E-state index >= 15 is 0 Å². The zero-order valence-corrected chi connectivity index (χ0v) is 12.4. The second kappa shape index (κ2) is 6.67. The minimum atomic E-state index is -0.868. The topological polar surface area (TPSA) is 78.9 Å². The molecule has 21 heavy (non-hydrogen) atoms. The van der Waals surface area contributed by atoms with Gasteiger partial charge in [0.15, 0.2) is 5.75 Å². The van der Waals surface area contributed by atoms with Crippen molar-refractivity contribution >= 4 is 29.3 Å². The van der Waals surface area contributed by atoms with Crippen molar-refractivity contribution < 1.29 is 19.4 Å². The van der Waals surface area contributed by atoms with Crippen LogP contribution in [0.5, 0.6) is 5.75 Å². The number of nitrogens with zero attached hydrogens (tertiary/aromatic N) is 1. The Morgan fingerprint density at radius 2 is 2.24 bits per heavy atom. The maximum absolute atomic E-state index is 12.2. The molecule has 1 fully saturated rings. The van der Waals surface area contributed by atoms with Crippen molar-refractivity contribution in [3.8, 4) is 5.75 Å². The fraction of sp³-hybridized carbons (Fsp3) is 0.429. The summed E-state index contributed by atoms with van der Waals surface area (Å²) in [5, 5.41) is 12.2. The van der Waals surface area contributed by atoms with Crippen LogP contribution in [-0.2, 0) is 4.79 Å². The van der Waals surface area contributed by atoms with Crippen molar-refractivity contribution in [1.29, 1.82) is 0 Å². The molecule has 2 rings (SSSR count). The second-order valence-corrected chi connectivity index (χ2v) is 5.28. The predicted molar refractivity (Wildman–Crippen MR) is 79.0 cm³/mol. The number of halogens is 1. The van der Waals surface area contributed by atoms with E-state index in [9.17, 15) is 9.59 Å². The summed E-state index contributed by atoms with van der Waals surface area (Å²) in [6, 6.07) is 4.71. The van der Waals surface area contributed by atoms with Gasteiger partial charge in [-0.15, -0.1) is 0 Å². The third kappa shape index (κ3) is 3.58. The van der Waals surface area contributed by atoms with E-state index in [-0.39, 0.29) is 12.6 Å². The standard InChI is InChI=1S/C14H17ClN2O4/c1-21-12-10(15)5-2-6-11(12)16-14(20)17-7-3-4-9(8-17)13(18)19/h2,5-6,9H,3-4,7-8H2,1H3,(H,16,20)(H,18,19). The molecule has 1 aliphatic rings. The number of likely N-dealkylation sites (tertiary alicyclic amines) is 1. The number of nitrogens with one attached hydrogen (secondary N) is 1. The maximum atomic E-state index is 12.2. The van der Waals surface area contributed by atoms with Gasteiger partial charge in [-0.2, -0.15) is 0 Å². The number of rotatable bonds is 3. The minimum absolute atomic E-state index is 0.212. The molecule has 0 bridgehead atoms. The molecule has 1 heterocycles. The van der Waals surface area contributed by atoms with E-state index in [1.807, 2.05) is 0 Å². The Morgan fingerprint density at radius 3 is 2.90 bits per heavy atom. The molecular weight excluding hydrogens is 296 g/mol. The Labute approximate surface area is 127 Å². The molecule has 1 aromatic carbocycles. The number of hydrogen-bond donors (Lipinski definition) is 2. The van der Waals surface area contributed by atoms with Crippen LogP contribution >= 0.6 is 11.6 Å². The van der Waals surface area contributed by atoms with Gasteiger partial charge >= 0.3 is 12.0 Å². The van der Waals surface area contributed by atoms with E-state index in [0.717, 1.165) is 0 Å². The van der Waals surface area contributed by atoms with Crippen LogP contribution in [0.3, 0.4) is 0 Å². The third-order valence-corrected chi connectivity index (χ3v) is 3.77.